The molecule has 0 aromatic heterocycles. The van der Waals surface area contributed by atoms with E-state index in [2.05, 4.69) is 6.58 Å². The van der Waals surface area contributed by atoms with Crippen LogP contribution in [-0.4, -0.2) is 36.2 Å². The molecule has 2 heterocycles. The van der Waals surface area contributed by atoms with Crippen LogP contribution in [0.2, 0.25) is 0 Å². The van der Waals surface area contributed by atoms with Crippen molar-refractivity contribution in [1.82, 2.24) is 0 Å². The molecule has 0 radical (unpaired) electrons. The van der Waals surface area contributed by atoms with Crippen LogP contribution >= 0.6 is 0 Å². The van der Waals surface area contributed by atoms with Gasteiger partial charge in [0, 0.05) is 24.0 Å². The molecular weight excluding hydrogens is 336 g/mol. The Balaban J connectivity index is 1.97. The second-order valence-electron chi connectivity index (χ2n) is 7.26. The maximum Gasteiger partial charge on any atom is 0.334 e. The number of carbonyl (C=O) groups excluding carboxylic acids is 3. The van der Waals surface area contributed by atoms with E-state index < -0.39 is 30.1 Å². The van der Waals surface area contributed by atoms with Crippen molar-refractivity contribution in [3.05, 3.63) is 35.5 Å². The summed E-state index contributed by atoms with van der Waals surface area (Å²) in [5, 5.41) is 0. The molecule has 1 aliphatic carbocycles. The first kappa shape index (κ1) is 18.4. The van der Waals surface area contributed by atoms with Gasteiger partial charge in [-0.25, -0.2) is 9.59 Å². The molecule has 2 bridgehead atoms. The summed E-state index contributed by atoms with van der Waals surface area (Å²) in [4.78, 5) is 36.7. The Morgan fingerprint density at radius 1 is 1.27 bits per heavy atom. The van der Waals surface area contributed by atoms with Crippen LogP contribution in [0.5, 0.6) is 0 Å². The Bertz CT molecular complexity index is 716. The number of hydrogen-bond donors (Lipinski definition) is 0. The molecule has 1 fully saturated rings. The zero-order chi connectivity index (χ0) is 19.0. The second kappa shape index (κ2) is 7.09. The number of carbonyl (C=O) groups is 3. The molecule has 1 saturated heterocycles. The quantitative estimate of drug-likeness (QED) is 0.333. The Kier molecular flexibility index (Phi) is 5.03. The Labute approximate surface area is 152 Å². The van der Waals surface area contributed by atoms with Gasteiger partial charge in [0.05, 0.1) is 11.8 Å². The highest BCUT2D eigenvalue weighted by Gasteiger charge is 2.46. The average Bonchev–Trinajstić information content (AvgIpc) is 3.04. The van der Waals surface area contributed by atoms with Crippen molar-refractivity contribution in [2.24, 2.45) is 11.8 Å². The lowest BCUT2D eigenvalue weighted by atomic mass is 9.85. The molecule has 3 aliphatic rings. The van der Waals surface area contributed by atoms with Gasteiger partial charge in [-0.1, -0.05) is 26.0 Å². The van der Waals surface area contributed by atoms with Gasteiger partial charge in [0.2, 0.25) is 0 Å². The van der Waals surface area contributed by atoms with Gasteiger partial charge in [0.15, 0.2) is 0 Å². The number of rotatable bonds is 3. The van der Waals surface area contributed by atoms with Crippen molar-refractivity contribution in [2.75, 3.05) is 0 Å². The normalized spacial score (nSPS) is 34.0. The van der Waals surface area contributed by atoms with Crippen LogP contribution in [0.15, 0.2) is 35.5 Å². The van der Waals surface area contributed by atoms with Crippen molar-refractivity contribution in [1.29, 1.82) is 0 Å². The van der Waals surface area contributed by atoms with Crippen LogP contribution in [0.4, 0.5) is 0 Å². The molecule has 0 unspecified atom stereocenters. The first-order valence-electron chi connectivity index (χ1n) is 8.99. The highest BCUT2D eigenvalue weighted by atomic mass is 16.6. The maximum atomic E-state index is 12.4. The van der Waals surface area contributed by atoms with Crippen molar-refractivity contribution in [2.45, 2.75) is 58.3 Å². The minimum absolute atomic E-state index is 0.182. The van der Waals surface area contributed by atoms with E-state index in [1.807, 2.05) is 19.9 Å². The summed E-state index contributed by atoms with van der Waals surface area (Å²) in [5.41, 5.74) is 1.68. The van der Waals surface area contributed by atoms with Crippen molar-refractivity contribution in [3.8, 4) is 0 Å². The van der Waals surface area contributed by atoms with Crippen molar-refractivity contribution in [3.63, 3.8) is 0 Å². The molecule has 0 saturated carbocycles. The molecule has 6 heteroatoms. The van der Waals surface area contributed by atoms with Gasteiger partial charge in [0.1, 0.15) is 18.3 Å². The molecule has 6 nitrogen and oxygen atoms in total. The van der Waals surface area contributed by atoms with Crippen LogP contribution in [0.3, 0.4) is 0 Å². The smallest absolute Gasteiger partial charge is 0.334 e. The van der Waals surface area contributed by atoms with Crippen molar-refractivity contribution < 1.29 is 28.6 Å². The minimum Gasteiger partial charge on any atom is -0.461 e. The number of hydrogen-bond acceptors (Lipinski definition) is 6. The molecular formula is C20H24O6. The Hall–Kier alpha value is -2.37. The molecule has 140 valence electrons. The lowest BCUT2D eigenvalue weighted by molar-refractivity contribution is -0.157. The third kappa shape index (κ3) is 3.45. The number of ether oxygens (including phenoxy) is 3. The first-order valence-corrected chi connectivity index (χ1v) is 8.99. The minimum atomic E-state index is -0.708. The summed E-state index contributed by atoms with van der Waals surface area (Å²) >= 11 is 0. The molecule has 5 atom stereocenters. The fourth-order valence-electron chi connectivity index (χ4n) is 3.53. The van der Waals surface area contributed by atoms with Crippen LogP contribution in [0.25, 0.3) is 0 Å². The monoisotopic (exact) mass is 360 g/mol. The second-order valence-corrected chi connectivity index (χ2v) is 7.26. The largest absolute Gasteiger partial charge is 0.461 e. The number of fused-ring (bicyclic) bond motifs is 2. The molecule has 26 heavy (non-hydrogen) atoms. The van der Waals surface area contributed by atoms with E-state index in [0.29, 0.717) is 18.4 Å². The van der Waals surface area contributed by atoms with Gasteiger partial charge < -0.3 is 14.2 Å². The van der Waals surface area contributed by atoms with Gasteiger partial charge >= 0.3 is 17.9 Å². The topological polar surface area (TPSA) is 78.9 Å². The summed E-state index contributed by atoms with van der Waals surface area (Å²) in [7, 11) is 0. The van der Waals surface area contributed by atoms with Gasteiger partial charge in [0.25, 0.3) is 0 Å². The molecule has 0 spiro atoms. The highest BCUT2D eigenvalue weighted by Crippen LogP contribution is 2.38. The predicted octanol–water partition coefficient (Wildman–Crippen LogP) is 2.63. The maximum absolute atomic E-state index is 12.4. The molecule has 0 aromatic carbocycles. The Morgan fingerprint density at radius 2 is 2.00 bits per heavy atom. The Morgan fingerprint density at radius 3 is 2.69 bits per heavy atom. The highest BCUT2D eigenvalue weighted by molar-refractivity contribution is 5.92. The first-order chi connectivity index (χ1) is 12.3. The standard InChI is InChI=1S/C20H24O6/c1-5-11(3)18(21)25-16-9-13-8-14(24-20(13)23)6-10(2)7-15-17(16)12(4)19(22)26-15/h7-8,11,14-17H,4-6,9H2,1-3H3/b10-7+/t11-,14+,15+,16-,17-/m0/s1. The third-order valence-corrected chi connectivity index (χ3v) is 5.25. The van der Waals surface area contributed by atoms with E-state index in [9.17, 15) is 14.4 Å². The summed E-state index contributed by atoms with van der Waals surface area (Å²) in [6.07, 6.45) is 3.39. The molecule has 0 amide bonds. The van der Waals surface area contributed by atoms with E-state index in [1.165, 1.54) is 0 Å². The lowest BCUT2D eigenvalue weighted by Crippen LogP contribution is -2.35. The third-order valence-electron chi connectivity index (χ3n) is 5.25. The SMILES string of the molecule is C=C1C(=O)O[C@@H]2/C=C(\C)C[C@@H]3C=C(C[C@H](OC(=O)[C@@H](C)CC)[C@@H]12)C(=O)O3. The van der Waals surface area contributed by atoms with E-state index >= 15 is 0 Å². The summed E-state index contributed by atoms with van der Waals surface area (Å²) in [6.45, 7) is 9.42. The zero-order valence-electron chi connectivity index (χ0n) is 15.3. The van der Waals surface area contributed by atoms with E-state index in [1.54, 1.807) is 13.0 Å². The summed E-state index contributed by atoms with van der Waals surface area (Å²) < 4.78 is 16.6. The van der Waals surface area contributed by atoms with Crippen LogP contribution in [-0.2, 0) is 28.6 Å². The van der Waals surface area contributed by atoms with Crippen LogP contribution in [0, 0.1) is 11.8 Å². The fraction of sp³-hybridized carbons (Fsp3) is 0.550. The lowest BCUT2D eigenvalue weighted by Gasteiger charge is -2.27. The van der Waals surface area contributed by atoms with E-state index in [-0.39, 0.29) is 30.0 Å². The van der Waals surface area contributed by atoms with Gasteiger partial charge in [-0.3, -0.25) is 4.79 Å². The summed E-state index contributed by atoms with van der Waals surface area (Å²) in [6, 6.07) is 0. The summed E-state index contributed by atoms with van der Waals surface area (Å²) in [5.74, 6) is -2.04. The van der Waals surface area contributed by atoms with E-state index in [4.69, 9.17) is 14.2 Å². The van der Waals surface area contributed by atoms with Gasteiger partial charge in [-0.15, -0.1) is 0 Å². The molecule has 0 N–H and O–H groups in total. The fourth-order valence-corrected chi connectivity index (χ4v) is 3.53. The van der Waals surface area contributed by atoms with Gasteiger partial charge in [-0.05, 0) is 25.5 Å². The zero-order valence-corrected chi connectivity index (χ0v) is 15.3. The molecule has 2 aliphatic heterocycles. The predicted molar refractivity (Wildman–Crippen MR) is 92.8 cm³/mol. The molecule has 3 rings (SSSR count). The van der Waals surface area contributed by atoms with Crippen LogP contribution in [0.1, 0.15) is 40.0 Å². The van der Waals surface area contributed by atoms with Gasteiger partial charge in [-0.2, -0.15) is 0 Å². The average molecular weight is 360 g/mol. The van der Waals surface area contributed by atoms with Crippen molar-refractivity contribution >= 4 is 17.9 Å². The van der Waals surface area contributed by atoms with Crippen LogP contribution < -0.4 is 0 Å². The molecule has 0 aromatic rings. The number of esters is 3. The van der Waals surface area contributed by atoms with E-state index in [0.717, 1.165) is 5.57 Å².